The highest BCUT2D eigenvalue weighted by Crippen LogP contribution is 2.20. The fourth-order valence-corrected chi connectivity index (χ4v) is 2.95. The fourth-order valence-electron chi connectivity index (χ4n) is 2.55. The molecule has 0 radical (unpaired) electrons. The van der Waals surface area contributed by atoms with Crippen LogP contribution in [0.5, 0.6) is 0 Å². The molecular weight excluding hydrogens is 332 g/mol. The number of nitrogens with zero attached hydrogens (tertiary/aromatic N) is 1. The van der Waals surface area contributed by atoms with E-state index >= 15 is 0 Å². The highest BCUT2D eigenvalue weighted by Gasteiger charge is 2.27. The van der Waals surface area contributed by atoms with Gasteiger partial charge >= 0.3 is 0 Å². The van der Waals surface area contributed by atoms with Crippen molar-refractivity contribution in [3.63, 3.8) is 0 Å². The second-order valence-corrected chi connectivity index (χ2v) is 6.66. The summed E-state index contributed by atoms with van der Waals surface area (Å²) in [5, 5.41) is 2.95. The van der Waals surface area contributed by atoms with E-state index in [4.69, 9.17) is 0 Å². The summed E-state index contributed by atoms with van der Waals surface area (Å²) in [4.78, 5) is 26.2. The smallest absolute Gasteiger partial charge is 0.253 e. The molecule has 1 N–H and O–H groups in total. The fraction of sp³-hybridized carbons (Fsp3) is 0.500. The number of carbonyl (C=O) groups is 2. The van der Waals surface area contributed by atoms with Gasteiger partial charge in [-0.1, -0.05) is 22.0 Å². The number of piperidine rings is 1. The van der Waals surface area contributed by atoms with E-state index in [1.54, 1.807) is 0 Å². The maximum Gasteiger partial charge on any atom is 0.253 e. The number of halogens is 1. The molecule has 2 amide bonds. The van der Waals surface area contributed by atoms with Gasteiger partial charge in [-0.2, -0.15) is 0 Å². The van der Waals surface area contributed by atoms with Crippen molar-refractivity contribution in [3.05, 3.63) is 34.3 Å². The minimum Gasteiger partial charge on any atom is -0.354 e. The predicted octanol–water partition coefficient (Wildman–Crippen LogP) is 2.83. The third-order valence-electron chi connectivity index (χ3n) is 3.66. The lowest BCUT2D eigenvalue weighted by molar-refractivity contribution is -0.126. The van der Waals surface area contributed by atoms with Crippen LogP contribution in [0.4, 0.5) is 0 Å². The van der Waals surface area contributed by atoms with E-state index in [-0.39, 0.29) is 23.8 Å². The molecule has 114 valence electrons. The second-order valence-electron chi connectivity index (χ2n) is 5.74. The number of hydrogen-bond acceptors (Lipinski definition) is 2. The van der Waals surface area contributed by atoms with Gasteiger partial charge in [0, 0.05) is 35.1 Å². The Hall–Kier alpha value is -1.36. The number of benzene rings is 1. The van der Waals surface area contributed by atoms with Crippen LogP contribution >= 0.6 is 15.9 Å². The number of hydrogen-bond donors (Lipinski definition) is 1. The third kappa shape index (κ3) is 4.30. The van der Waals surface area contributed by atoms with Gasteiger partial charge in [-0.05, 0) is 44.9 Å². The van der Waals surface area contributed by atoms with Crippen molar-refractivity contribution in [1.82, 2.24) is 10.2 Å². The predicted molar refractivity (Wildman–Crippen MR) is 86.0 cm³/mol. The van der Waals surface area contributed by atoms with Crippen molar-refractivity contribution in [1.29, 1.82) is 0 Å². The summed E-state index contributed by atoms with van der Waals surface area (Å²) in [5.74, 6) is 0.178. The van der Waals surface area contributed by atoms with Crippen LogP contribution < -0.4 is 5.32 Å². The molecular formula is C16H21BrN2O2. The molecule has 1 aromatic rings. The Labute approximate surface area is 134 Å². The quantitative estimate of drug-likeness (QED) is 0.909. The minimum atomic E-state index is 0.0268. The van der Waals surface area contributed by atoms with Crippen molar-refractivity contribution in [2.75, 3.05) is 13.1 Å². The van der Waals surface area contributed by atoms with Gasteiger partial charge in [0.05, 0.1) is 0 Å². The standard InChI is InChI=1S/C16H21BrN2O2/c1-11(2)18-15(20)12-6-8-19(9-7-12)16(21)13-4-3-5-14(17)10-13/h3-5,10-12H,6-9H2,1-2H3,(H,18,20). The highest BCUT2D eigenvalue weighted by molar-refractivity contribution is 9.10. The maximum atomic E-state index is 12.4. The number of rotatable bonds is 3. The second kappa shape index (κ2) is 7.07. The minimum absolute atomic E-state index is 0.0268. The summed E-state index contributed by atoms with van der Waals surface area (Å²) in [7, 11) is 0. The van der Waals surface area contributed by atoms with Gasteiger partial charge in [0.1, 0.15) is 0 Å². The molecule has 0 atom stereocenters. The summed E-state index contributed by atoms with van der Waals surface area (Å²) in [5.41, 5.74) is 0.689. The Kier molecular flexibility index (Phi) is 5.39. The number of amides is 2. The van der Waals surface area contributed by atoms with Gasteiger partial charge in [-0.3, -0.25) is 9.59 Å². The van der Waals surface area contributed by atoms with Crippen LogP contribution in [-0.2, 0) is 4.79 Å². The molecule has 0 bridgehead atoms. The summed E-state index contributed by atoms with van der Waals surface area (Å²) >= 11 is 3.38. The van der Waals surface area contributed by atoms with E-state index in [0.29, 0.717) is 18.7 Å². The number of likely N-dealkylation sites (tertiary alicyclic amines) is 1. The molecule has 1 heterocycles. The Morgan fingerprint density at radius 1 is 1.29 bits per heavy atom. The van der Waals surface area contributed by atoms with Crippen LogP contribution in [0.15, 0.2) is 28.7 Å². The van der Waals surface area contributed by atoms with Crippen molar-refractivity contribution < 1.29 is 9.59 Å². The molecule has 1 fully saturated rings. The topological polar surface area (TPSA) is 49.4 Å². The zero-order valence-corrected chi connectivity index (χ0v) is 14.0. The average molecular weight is 353 g/mol. The first kappa shape index (κ1) is 16.0. The molecule has 1 aliphatic rings. The molecule has 0 aromatic heterocycles. The van der Waals surface area contributed by atoms with Crippen molar-refractivity contribution in [3.8, 4) is 0 Å². The van der Waals surface area contributed by atoms with Crippen LogP contribution in [-0.4, -0.2) is 35.8 Å². The zero-order valence-electron chi connectivity index (χ0n) is 12.4. The average Bonchev–Trinajstić information content (AvgIpc) is 2.46. The van der Waals surface area contributed by atoms with Crippen molar-refractivity contribution in [2.24, 2.45) is 5.92 Å². The van der Waals surface area contributed by atoms with E-state index < -0.39 is 0 Å². The Balaban J connectivity index is 1.92. The van der Waals surface area contributed by atoms with Gasteiger partial charge in [0.2, 0.25) is 5.91 Å². The molecule has 0 spiro atoms. The van der Waals surface area contributed by atoms with Gasteiger partial charge in [-0.25, -0.2) is 0 Å². The summed E-state index contributed by atoms with van der Waals surface area (Å²) in [6.07, 6.45) is 1.47. The molecule has 1 saturated heterocycles. The Morgan fingerprint density at radius 2 is 1.95 bits per heavy atom. The van der Waals surface area contributed by atoms with E-state index in [0.717, 1.165) is 17.3 Å². The normalized spacial score (nSPS) is 16.1. The summed E-state index contributed by atoms with van der Waals surface area (Å²) < 4.78 is 0.902. The molecule has 0 aliphatic carbocycles. The first-order valence-electron chi connectivity index (χ1n) is 7.32. The monoisotopic (exact) mass is 352 g/mol. The van der Waals surface area contributed by atoms with E-state index in [1.807, 2.05) is 43.0 Å². The van der Waals surface area contributed by atoms with Gasteiger partial charge in [0.25, 0.3) is 5.91 Å². The SMILES string of the molecule is CC(C)NC(=O)C1CCN(C(=O)c2cccc(Br)c2)CC1. The zero-order chi connectivity index (χ0) is 15.4. The van der Waals surface area contributed by atoms with Gasteiger partial charge in [-0.15, -0.1) is 0 Å². The molecule has 21 heavy (non-hydrogen) atoms. The first-order valence-corrected chi connectivity index (χ1v) is 8.12. The maximum absolute atomic E-state index is 12.4. The van der Waals surface area contributed by atoms with Crippen LogP contribution in [0.3, 0.4) is 0 Å². The van der Waals surface area contributed by atoms with E-state index in [9.17, 15) is 9.59 Å². The van der Waals surface area contributed by atoms with E-state index in [2.05, 4.69) is 21.2 Å². The highest BCUT2D eigenvalue weighted by atomic mass is 79.9. The third-order valence-corrected chi connectivity index (χ3v) is 4.15. The lowest BCUT2D eigenvalue weighted by atomic mass is 9.95. The van der Waals surface area contributed by atoms with Gasteiger partial charge < -0.3 is 10.2 Å². The first-order chi connectivity index (χ1) is 9.97. The molecule has 1 aromatic carbocycles. The largest absolute Gasteiger partial charge is 0.354 e. The summed E-state index contributed by atoms with van der Waals surface area (Å²) in [6, 6.07) is 7.59. The van der Waals surface area contributed by atoms with Crippen molar-refractivity contribution in [2.45, 2.75) is 32.7 Å². The number of nitrogens with one attached hydrogen (secondary N) is 1. The lowest BCUT2D eigenvalue weighted by Gasteiger charge is -2.31. The molecule has 1 aliphatic heterocycles. The molecule has 5 heteroatoms. The van der Waals surface area contributed by atoms with E-state index in [1.165, 1.54) is 0 Å². The summed E-state index contributed by atoms with van der Waals surface area (Å²) in [6.45, 7) is 5.21. The van der Waals surface area contributed by atoms with Crippen LogP contribution in [0.1, 0.15) is 37.0 Å². The number of carbonyl (C=O) groups excluding carboxylic acids is 2. The molecule has 2 rings (SSSR count). The Bertz CT molecular complexity index is 523. The Morgan fingerprint density at radius 3 is 2.52 bits per heavy atom. The lowest BCUT2D eigenvalue weighted by Crippen LogP contribution is -2.44. The van der Waals surface area contributed by atoms with Crippen molar-refractivity contribution >= 4 is 27.7 Å². The van der Waals surface area contributed by atoms with Crippen LogP contribution in [0, 0.1) is 5.92 Å². The van der Waals surface area contributed by atoms with Gasteiger partial charge in [0.15, 0.2) is 0 Å². The molecule has 4 nitrogen and oxygen atoms in total. The molecule has 0 saturated carbocycles. The molecule has 0 unspecified atom stereocenters. The van der Waals surface area contributed by atoms with Crippen LogP contribution in [0.2, 0.25) is 0 Å². The van der Waals surface area contributed by atoms with Crippen LogP contribution in [0.25, 0.3) is 0 Å².